The van der Waals surface area contributed by atoms with Gasteiger partial charge in [-0.2, -0.15) is 4.99 Å². The van der Waals surface area contributed by atoms with Crippen molar-refractivity contribution in [1.29, 1.82) is 0 Å². The van der Waals surface area contributed by atoms with Gasteiger partial charge in [-0.1, -0.05) is 15.9 Å². The van der Waals surface area contributed by atoms with E-state index in [0.29, 0.717) is 11.5 Å². The molecule has 18 heavy (non-hydrogen) atoms. The van der Waals surface area contributed by atoms with Crippen molar-refractivity contribution < 1.29 is 14.3 Å². The number of carbonyl (C=O) groups excluding carboxylic acids is 1. The van der Waals surface area contributed by atoms with Gasteiger partial charge in [0.05, 0.1) is 14.2 Å². The number of aliphatic imine (C=N–C) groups is 1. The third-order valence-electron chi connectivity index (χ3n) is 3.39. The average Bonchev–Trinajstić information content (AvgIpc) is 2.33. The Morgan fingerprint density at radius 3 is 2.50 bits per heavy atom. The number of benzene rings is 1. The summed E-state index contributed by atoms with van der Waals surface area (Å²) >= 11 is 3.51. The second-order valence-corrected chi connectivity index (χ2v) is 5.13. The van der Waals surface area contributed by atoms with Gasteiger partial charge in [0.2, 0.25) is 6.08 Å². The minimum Gasteiger partial charge on any atom is -0.497 e. The number of ether oxygens (including phenoxy) is 2. The third kappa shape index (κ3) is 2.04. The highest BCUT2D eigenvalue weighted by molar-refractivity contribution is 9.10. The maximum Gasteiger partial charge on any atom is 0.235 e. The molecular formula is C13H14BrNO3. The highest BCUT2D eigenvalue weighted by atomic mass is 79.9. The molecule has 0 aliphatic heterocycles. The van der Waals surface area contributed by atoms with Gasteiger partial charge in [0, 0.05) is 16.1 Å². The second-order valence-electron chi connectivity index (χ2n) is 4.27. The Morgan fingerprint density at radius 1 is 1.33 bits per heavy atom. The maximum atomic E-state index is 10.6. The summed E-state index contributed by atoms with van der Waals surface area (Å²) in [4.78, 5) is 14.6. The first-order chi connectivity index (χ1) is 8.66. The fourth-order valence-corrected chi connectivity index (χ4v) is 3.10. The first-order valence-electron chi connectivity index (χ1n) is 5.68. The molecule has 0 heterocycles. The minimum absolute atomic E-state index is 0.488. The van der Waals surface area contributed by atoms with Crippen LogP contribution in [0.4, 0.5) is 0 Å². The Bertz CT molecular complexity index is 505. The Kier molecular flexibility index (Phi) is 3.73. The van der Waals surface area contributed by atoms with Gasteiger partial charge in [0.15, 0.2) is 0 Å². The topological polar surface area (TPSA) is 47.9 Å². The van der Waals surface area contributed by atoms with E-state index in [2.05, 4.69) is 20.9 Å². The van der Waals surface area contributed by atoms with Crippen LogP contribution >= 0.6 is 15.9 Å². The molecule has 0 spiro atoms. The van der Waals surface area contributed by atoms with Gasteiger partial charge in [0.25, 0.3) is 0 Å². The van der Waals surface area contributed by atoms with E-state index in [-0.39, 0.29) is 0 Å². The molecule has 1 aliphatic rings. The van der Waals surface area contributed by atoms with Crippen LogP contribution in [-0.2, 0) is 10.3 Å². The normalized spacial score (nSPS) is 16.4. The Labute approximate surface area is 114 Å². The first kappa shape index (κ1) is 13.1. The fraction of sp³-hybridized carbons (Fsp3) is 0.462. The molecule has 1 saturated carbocycles. The van der Waals surface area contributed by atoms with E-state index < -0.39 is 5.54 Å². The molecule has 1 aliphatic carbocycles. The van der Waals surface area contributed by atoms with E-state index in [0.717, 1.165) is 29.3 Å². The summed E-state index contributed by atoms with van der Waals surface area (Å²) in [5.41, 5.74) is 0.415. The van der Waals surface area contributed by atoms with Crippen molar-refractivity contribution in [3.8, 4) is 11.5 Å². The lowest BCUT2D eigenvalue weighted by molar-refractivity contribution is 0.244. The quantitative estimate of drug-likeness (QED) is 0.634. The Balaban J connectivity index is 2.59. The van der Waals surface area contributed by atoms with Crippen LogP contribution in [0.3, 0.4) is 0 Å². The number of hydrogen-bond acceptors (Lipinski definition) is 4. The monoisotopic (exact) mass is 311 g/mol. The van der Waals surface area contributed by atoms with Crippen molar-refractivity contribution in [3.05, 3.63) is 22.2 Å². The van der Waals surface area contributed by atoms with Crippen molar-refractivity contribution in [2.75, 3.05) is 14.2 Å². The van der Waals surface area contributed by atoms with E-state index >= 15 is 0 Å². The van der Waals surface area contributed by atoms with Gasteiger partial charge < -0.3 is 9.47 Å². The highest BCUT2D eigenvalue weighted by Gasteiger charge is 2.42. The van der Waals surface area contributed by atoms with E-state index in [4.69, 9.17) is 9.47 Å². The zero-order valence-corrected chi connectivity index (χ0v) is 11.9. The molecule has 0 saturated heterocycles. The van der Waals surface area contributed by atoms with Crippen molar-refractivity contribution in [1.82, 2.24) is 0 Å². The zero-order chi connectivity index (χ0) is 13.2. The van der Waals surface area contributed by atoms with Crippen molar-refractivity contribution in [3.63, 3.8) is 0 Å². The van der Waals surface area contributed by atoms with Gasteiger partial charge in [-0.3, -0.25) is 0 Å². The summed E-state index contributed by atoms with van der Waals surface area (Å²) in [6.45, 7) is 0. The smallest absolute Gasteiger partial charge is 0.235 e. The molecule has 0 radical (unpaired) electrons. The van der Waals surface area contributed by atoms with Crippen molar-refractivity contribution in [2.24, 2.45) is 4.99 Å². The molecule has 0 N–H and O–H groups in total. The lowest BCUT2D eigenvalue weighted by atomic mass is 9.72. The largest absolute Gasteiger partial charge is 0.497 e. The molecule has 0 aromatic heterocycles. The van der Waals surface area contributed by atoms with E-state index in [9.17, 15) is 4.79 Å². The third-order valence-corrected chi connectivity index (χ3v) is 4.01. The molecule has 1 fully saturated rings. The number of rotatable bonds is 4. The standard InChI is InChI=1S/C13H14BrNO3/c1-17-9-6-10(14)12(11(7-9)18-2)13(15-8-16)4-3-5-13/h6-7H,3-5H2,1-2H3. The van der Waals surface area contributed by atoms with Gasteiger partial charge in [0.1, 0.15) is 17.0 Å². The lowest BCUT2D eigenvalue weighted by Crippen LogP contribution is -2.32. The van der Waals surface area contributed by atoms with Crippen LogP contribution in [0, 0.1) is 0 Å². The van der Waals surface area contributed by atoms with Gasteiger partial charge >= 0.3 is 0 Å². The number of isocyanates is 1. The van der Waals surface area contributed by atoms with Crippen LogP contribution in [0.15, 0.2) is 21.6 Å². The summed E-state index contributed by atoms with van der Waals surface area (Å²) in [6, 6.07) is 3.67. The molecule has 1 aromatic rings. The molecule has 2 rings (SSSR count). The van der Waals surface area contributed by atoms with Crippen LogP contribution < -0.4 is 9.47 Å². The Morgan fingerprint density at radius 2 is 2.06 bits per heavy atom. The van der Waals surface area contributed by atoms with E-state index in [1.807, 2.05) is 6.07 Å². The van der Waals surface area contributed by atoms with Crippen LogP contribution in [-0.4, -0.2) is 20.3 Å². The predicted octanol–water partition coefficient (Wildman–Crippen LogP) is 3.18. The van der Waals surface area contributed by atoms with Crippen molar-refractivity contribution >= 4 is 22.0 Å². The summed E-state index contributed by atoms with van der Waals surface area (Å²) in [5, 5.41) is 0. The lowest BCUT2D eigenvalue weighted by Gasteiger charge is -2.38. The molecule has 0 amide bonds. The van der Waals surface area contributed by atoms with Gasteiger partial charge in [-0.05, 0) is 25.3 Å². The molecule has 0 bridgehead atoms. The first-order valence-corrected chi connectivity index (χ1v) is 6.47. The van der Waals surface area contributed by atoms with Crippen LogP contribution in [0.1, 0.15) is 24.8 Å². The zero-order valence-electron chi connectivity index (χ0n) is 10.3. The van der Waals surface area contributed by atoms with E-state index in [1.165, 1.54) is 0 Å². The number of halogens is 1. The van der Waals surface area contributed by atoms with Gasteiger partial charge in [-0.15, -0.1) is 0 Å². The minimum atomic E-state index is -0.488. The Hall–Kier alpha value is -1.32. The summed E-state index contributed by atoms with van der Waals surface area (Å²) in [7, 11) is 3.20. The second kappa shape index (κ2) is 5.12. The van der Waals surface area contributed by atoms with Crippen LogP contribution in [0.2, 0.25) is 0 Å². The summed E-state index contributed by atoms with van der Waals surface area (Å²) in [5.74, 6) is 1.38. The van der Waals surface area contributed by atoms with Gasteiger partial charge in [-0.25, -0.2) is 4.79 Å². The number of nitrogens with zero attached hydrogens (tertiary/aromatic N) is 1. The van der Waals surface area contributed by atoms with Crippen LogP contribution in [0.5, 0.6) is 11.5 Å². The summed E-state index contributed by atoms with van der Waals surface area (Å²) in [6.07, 6.45) is 4.41. The molecular weight excluding hydrogens is 298 g/mol. The van der Waals surface area contributed by atoms with Crippen molar-refractivity contribution in [2.45, 2.75) is 24.8 Å². The SMILES string of the molecule is COc1cc(Br)c(C2(N=C=O)CCC2)c(OC)c1. The molecule has 0 unspecified atom stereocenters. The molecule has 5 heteroatoms. The highest BCUT2D eigenvalue weighted by Crippen LogP contribution is 2.51. The summed E-state index contributed by atoms with van der Waals surface area (Å²) < 4.78 is 11.4. The van der Waals surface area contributed by atoms with E-state index in [1.54, 1.807) is 26.4 Å². The molecule has 4 nitrogen and oxygen atoms in total. The molecule has 96 valence electrons. The molecule has 1 aromatic carbocycles. The average molecular weight is 312 g/mol. The maximum absolute atomic E-state index is 10.6. The number of methoxy groups -OCH3 is 2. The van der Waals surface area contributed by atoms with Crippen LogP contribution in [0.25, 0.3) is 0 Å². The predicted molar refractivity (Wildman–Crippen MR) is 70.9 cm³/mol. The number of hydrogen-bond donors (Lipinski definition) is 0. The molecule has 0 atom stereocenters. The fourth-order valence-electron chi connectivity index (χ4n) is 2.30.